The van der Waals surface area contributed by atoms with Gasteiger partial charge in [-0.1, -0.05) is 0 Å². The van der Waals surface area contributed by atoms with Gasteiger partial charge >= 0.3 is 5.97 Å². The molecular formula is C21H18F3N5O4. The molecule has 3 atom stereocenters. The summed E-state index contributed by atoms with van der Waals surface area (Å²) < 4.78 is 50.0. The fourth-order valence-electron chi connectivity index (χ4n) is 4.57. The molecule has 172 valence electrons. The van der Waals surface area contributed by atoms with E-state index in [1.54, 1.807) is 4.90 Å². The number of anilines is 2. The van der Waals surface area contributed by atoms with Gasteiger partial charge in [-0.05, 0) is 12.1 Å². The standard InChI is InChI=1S/C21H18F3N5O4/c22-8-1-2-13(11(23)3-8)28-4-9(21(31)32)18(30)15-17(26)16(24)20(27-19(15)28)29-5-12(25)10-6-33-7-14(10)29/h1-4,10,12,14H,5-7,25H2,(H2,26,27)(H,31,32). The van der Waals surface area contributed by atoms with Crippen molar-refractivity contribution in [2.75, 3.05) is 30.4 Å². The van der Waals surface area contributed by atoms with E-state index in [1.165, 1.54) is 0 Å². The molecule has 5 rings (SSSR count). The maximum absolute atomic E-state index is 15.4. The number of nitrogens with two attached hydrogens (primary N) is 2. The number of carboxylic acid groups (broad SMARTS) is 1. The van der Waals surface area contributed by atoms with Gasteiger partial charge in [0.25, 0.3) is 0 Å². The predicted molar refractivity (Wildman–Crippen MR) is 112 cm³/mol. The molecule has 0 bridgehead atoms. The summed E-state index contributed by atoms with van der Waals surface area (Å²) in [7, 11) is 0. The van der Waals surface area contributed by atoms with E-state index in [0.717, 1.165) is 22.9 Å². The number of halogens is 3. The average molecular weight is 461 g/mol. The van der Waals surface area contributed by atoms with E-state index in [9.17, 15) is 23.5 Å². The number of pyridine rings is 2. The minimum atomic E-state index is -1.63. The number of carboxylic acids is 1. The Kier molecular flexibility index (Phi) is 4.79. The molecular weight excluding hydrogens is 443 g/mol. The number of ether oxygens (including phenoxy) is 1. The quantitative estimate of drug-likeness (QED) is 0.530. The largest absolute Gasteiger partial charge is 0.477 e. The molecule has 4 heterocycles. The van der Waals surface area contributed by atoms with Gasteiger partial charge < -0.3 is 26.2 Å². The maximum atomic E-state index is 15.4. The minimum absolute atomic E-state index is 0.0609. The number of aromatic nitrogens is 2. The number of nitrogens with zero attached hydrogens (tertiary/aromatic N) is 3. The van der Waals surface area contributed by atoms with Gasteiger partial charge in [-0.25, -0.2) is 22.9 Å². The third-order valence-corrected chi connectivity index (χ3v) is 6.22. The summed E-state index contributed by atoms with van der Waals surface area (Å²) >= 11 is 0. The fraction of sp³-hybridized carbons (Fsp3) is 0.286. The van der Waals surface area contributed by atoms with Gasteiger partial charge in [0.15, 0.2) is 17.3 Å². The summed E-state index contributed by atoms with van der Waals surface area (Å²) in [6.07, 6.45) is 0.856. The Labute approximate surface area is 184 Å². The lowest BCUT2D eigenvalue weighted by Gasteiger charge is -2.25. The molecule has 2 aliphatic rings. The number of carbonyl (C=O) groups is 1. The Bertz CT molecular complexity index is 1380. The Morgan fingerprint density at radius 3 is 2.70 bits per heavy atom. The van der Waals surface area contributed by atoms with Gasteiger partial charge in [0, 0.05) is 30.8 Å². The Hall–Kier alpha value is -3.64. The zero-order valence-electron chi connectivity index (χ0n) is 17.0. The zero-order chi connectivity index (χ0) is 23.6. The topological polar surface area (TPSA) is 137 Å². The van der Waals surface area contributed by atoms with Crippen LogP contribution in [0.15, 0.2) is 29.2 Å². The second-order valence-corrected chi connectivity index (χ2v) is 8.09. The first-order valence-electron chi connectivity index (χ1n) is 10.0. The minimum Gasteiger partial charge on any atom is -0.477 e. The Balaban J connectivity index is 1.83. The summed E-state index contributed by atoms with van der Waals surface area (Å²) in [5.41, 5.74) is 9.09. The van der Waals surface area contributed by atoms with E-state index < -0.39 is 45.5 Å². The van der Waals surface area contributed by atoms with Gasteiger partial charge in [0.05, 0.1) is 36.0 Å². The van der Waals surface area contributed by atoms with Crippen LogP contribution in [-0.2, 0) is 4.74 Å². The molecule has 0 radical (unpaired) electrons. The number of hydrogen-bond donors (Lipinski definition) is 3. The first kappa shape index (κ1) is 21.2. The van der Waals surface area contributed by atoms with Gasteiger partial charge in [-0.3, -0.25) is 9.36 Å². The molecule has 0 amide bonds. The maximum Gasteiger partial charge on any atom is 0.341 e. The second-order valence-electron chi connectivity index (χ2n) is 8.09. The number of nitrogen functional groups attached to an aromatic ring is 1. The van der Waals surface area contributed by atoms with E-state index >= 15 is 4.39 Å². The fourth-order valence-corrected chi connectivity index (χ4v) is 4.57. The molecule has 1 aromatic carbocycles. The van der Waals surface area contributed by atoms with Crippen LogP contribution in [0.5, 0.6) is 0 Å². The number of rotatable bonds is 3. The van der Waals surface area contributed by atoms with Crippen molar-refractivity contribution in [2.45, 2.75) is 12.1 Å². The van der Waals surface area contributed by atoms with Crippen LogP contribution in [0, 0.1) is 23.4 Å². The van der Waals surface area contributed by atoms with Crippen LogP contribution in [0.1, 0.15) is 10.4 Å². The van der Waals surface area contributed by atoms with Crippen molar-refractivity contribution in [3.05, 3.63) is 57.6 Å². The van der Waals surface area contributed by atoms with E-state index in [2.05, 4.69) is 4.98 Å². The normalized spacial score (nSPS) is 22.2. The summed E-state index contributed by atoms with van der Waals surface area (Å²) in [6.45, 7) is 0.936. The molecule has 33 heavy (non-hydrogen) atoms. The highest BCUT2D eigenvalue weighted by molar-refractivity contribution is 5.97. The molecule has 5 N–H and O–H groups in total. The summed E-state index contributed by atoms with van der Waals surface area (Å²) in [4.78, 5) is 30.4. The van der Waals surface area contributed by atoms with Crippen LogP contribution in [0.25, 0.3) is 16.7 Å². The van der Waals surface area contributed by atoms with Crippen molar-refractivity contribution in [1.82, 2.24) is 9.55 Å². The zero-order valence-corrected chi connectivity index (χ0v) is 17.0. The van der Waals surface area contributed by atoms with Crippen LogP contribution < -0.4 is 21.8 Å². The van der Waals surface area contributed by atoms with Gasteiger partial charge in [-0.2, -0.15) is 0 Å². The highest BCUT2D eigenvalue weighted by atomic mass is 19.1. The molecule has 2 fully saturated rings. The van der Waals surface area contributed by atoms with Crippen molar-refractivity contribution >= 4 is 28.5 Å². The SMILES string of the molecule is Nc1c(F)c(N2CC(N)C3COCC32)nc2c1c(=O)c(C(=O)O)cn2-c1ccc(F)cc1F. The van der Waals surface area contributed by atoms with Crippen LogP contribution in [0.3, 0.4) is 0 Å². The van der Waals surface area contributed by atoms with Crippen LogP contribution in [0.2, 0.25) is 0 Å². The molecule has 0 spiro atoms. The number of fused-ring (bicyclic) bond motifs is 2. The molecule has 2 aromatic heterocycles. The summed E-state index contributed by atoms with van der Waals surface area (Å²) in [6, 6.07) is 2.00. The molecule has 9 nitrogen and oxygen atoms in total. The lowest BCUT2D eigenvalue weighted by molar-refractivity contribution is 0.0695. The van der Waals surface area contributed by atoms with Gasteiger partial charge in [-0.15, -0.1) is 0 Å². The first-order chi connectivity index (χ1) is 15.7. The summed E-state index contributed by atoms with van der Waals surface area (Å²) in [5, 5.41) is 8.95. The van der Waals surface area contributed by atoms with Crippen LogP contribution in [-0.4, -0.2) is 52.5 Å². The highest BCUT2D eigenvalue weighted by Gasteiger charge is 2.45. The number of aromatic carboxylic acids is 1. The molecule has 3 aromatic rings. The van der Waals surface area contributed by atoms with E-state index in [0.29, 0.717) is 12.7 Å². The third-order valence-electron chi connectivity index (χ3n) is 6.22. The van der Waals surface area contributed by atoms with Crippen molar-refractivity contribution in [1.29, 1.82) is 0 Å². The smallest absolute Gasteiger partial charge is 0.341 e. The lowest BCUT2D eigenvalue weighted by Crippen LogP contribution is -2.35. The molecule has 12 heteroatoms. The average Bonchev–Trinajstić information content (AvgIpc) is 3.35. The van der Waals surface area contributed by atoms with E-state index in [4.69, 9.17) is 16.2 Å². The molecule has 2 aliphatic heterocycles. The van der Waals surface area contributed by atoms with E-state index in [1.807, 2.05) is 0 Å². The monoisotopic (exact) mass is 461 g/mol. The van der Waals surface area contributed by atoms with Crippen molar-refractivity contribution < 1.29 is 27.8 Å². The van der Waals surface area contributed by atoms with Crippen LogP contribution in [0.4, 0.5) is 24.7 Å². The predicted octanol–water partition coefficient (Wildman–Crippen LogP) is 1.25. The van der Waals surface area contributed by atoms with E-state index in [-0.39, 0.29) is 48.3 Å². The number of hydrogen-bond acceptors (Lipinski definition) is 7. The van der Waals surface area contributed by atoms with Crippen molar-refractivity contribution in [3.63, 3.8) is 0 Å². The Morgan fingerprint density at radius 2 is 2.00 bits per heavy atom. The highest BCUT2D eigenvalue weighted by Crippen LogP contribution is 2.37. The second kappa shape index (κ2) is 7.46. The molecule has 2 saturated heterocycles. The van der Waals surface area contributed by atoms with Gasteiger partial charge in [0.1, 0.15) is 17.2 Å². The Morgan fingerprint density at radius 1 is 1.24 bits per heavy atom. The van der Waals surface area contributed by atoms with Crippen LogP contribution >= 0.6 is 0 Å². The molecule has 0 saturated carbocycles. The van der Waals surface area contributed by atoms with Crippen molar-refractivity contribution in [3.8, 4) is 5.69 Å². The number of benzene rings is 1. The molecule has 0 aliphatic carbocycles. The van der Waals surface area contributed by atoms with Crippen molar-refractivity contribution in [2.24, 2.45) is 11.7 Å². The third kappa shape index (κ3) is 3.13. The van der Waals surface area contributed by atoms with Gasteiger partial charge in [0.2, 0.25) is 5.43 Å². The first-order valence-corrected chi connectivity index (χ1v) is 10.0. The lowest BCUT2D eigenvalue weighted by atomic mass is 10.0. The molecule has 3 unspecified atom stereocenters. The summed E-state index contributed by atoms with van der Waals surface area (Å²) in [5.74, 6) is -4.83.